The minimum Gasteiger partial charge on any atom is -0.297 e. The fourth-order valence-electron chi connectivity index (χ4n) is 5.01. The van der Waals surface area contributed by atoms with Crippen molar-refractivity contribution >= 4 is 10.0 Å². The maximum absolute atomic E-state index is 13.7. The molecule has 4 nitrogen and oxygen atoms in total. The van der Waals surface area contributed by atoms with E-state index in [4.69, 9.17) is 0 Å². The first-order chi connectivity index (χ1) is 14.1. The van der Waals surface area contributed by atoms with Crippen molar-refractivity contribution in [1.82, 2.24) is 9.21 Å². The molecule has 3 aliphatic rings. The van der Waals surface area contributed by atoms with Gasteiger partial charge in [-0.1, -0.05) is 36.4 Å². The lowest BCUT2D eigenvalue weighted by molar-refractivity contribution is 0.128. The van der Waals surface area contributed by atoms with Crippen molar-refractivity contribution in [2.75, 3.05) is 19.6 Å². The van der Waals surface area contributed by atoms with Gasteiger partial charge in [-0.3, -0.25) is 4.90 Å². The molecular weight excluding hydrogens is 380 g/mol. The zero-order valence-electron chi connectivity index (χ0n) is 17.0. The summed E-state index contributed by atoms with van der Waals surface area (Å²) in [6.07, 6.45) is 7.74. The van der Waals surface area contributed by atoms with E-state index in [0.29, 0.717) is 17.5 Å². The first kappa shape index (κ1) is 19.3. The van der Waals surface area contributed by atoms with Crippen LogP contribution >= 0.6 is 0 Å². The summed E-state index contributed by atoms with van der Waals surface area (Å²) in [6.45, 7) is 2.28. The van der Waals surface area contributed by atoms with Crippen LogP contribution in [0, 0.1) is 0 Å². The van der Waals surface area contributed by atoms with E-state index in [1.807, 2.05) is 36.4 Å². The summed E-state index contributed by atoms with van der Waals surface area (Å²) in [4.78, 5) is 2.99. The molecular formula is C24H30N2O2S. The Hall–Kier alpha value is -1.69. The van der Waals surface area contributed by atoms with Crippen molar-refractivity contribution in [2.24, 2.45) is 0 Å². The van der Waals surface area contributed by atoms with Gasteiger partial charge in [-0.05, 0) is 73.8 Å². The molecule has 1 aliphatic heterocycles. The molecule has 0 amide bonds. The van der Waals surface area contributed by atoms with Crippen LogP contribution in [0.15, 0.2) is 53.4 Å². The second-order valence-corrected chi connectivity index (χ2v) is 10.7. The van der Waals surface area contributed by atoms with Crippen LogP contribution in [0.3, 0.4) is 0 Å². The third-order valence-corrected chi connectivity index (χ3v) is 8.71. The quantitative estimate of drug-likeness (QED) is 0.756. The largest absolute Gasteiger partial charge is 0.297 e. The van der Waals surface area contributed by atoms with Crippen molar-refractivity contribution in [3.05, 3.63) is 65.2 Å². The van der Waals surface area contributed by atoms with E-state index in [0.717, 1.165) is 38.8 Å². The SMILES string of the molecule is O=S(=O)(c1ccc2c(c1)CCCC2)N1CCN(C2CC2)CC1Cc1ccccc1. The van der Waals surface area contributed by atoms with Crippen molar-refractivity contribution in [3.63, 3.8) is 0 Å². The lowest BCUT2D eigenvalue weighted by Gasteiger charge is -2.41. The van der Waals surface area contributed by atoms with Gasteiger partial charge in [0.1, 0.15) is 0 Å². The molecule has 1 atom stereocenters. The number of hydrogen-bond acceptors (Lipinski definition) is 3. The average molecular weight is 411 g/mol. The number of hydrogen-bond donors (Lipinski definition) is 0. The fourth-order valence-corrected chi connectivity index (χ4v) is 6.67. The van der Waals surface area contributed by atoms with Crippen LogP contribution in [0.25, 0.3) is 0 Å². The molecule has 2 aliphatic carbocycles. The minimum absolute atomic E-state index is 0.00668. The van der Waals surface area contributed by atoms with E-state index in [2.05, 4.69) is 17.0 Å². The predicted molar refractivity (Wildman–Crippen MR) is 116 cm³/mol. The van der Waals surface area contributed by atoms with Crippen molar-refractivity contribution in [3.8, 4) is 0 Å². The molecule has 5 heteroatoms. The number of rotatable bonds is 5. The van der Waals surface area contributed by atoms with Gasteiger partial charge in [-0.25, -0.2) is 8.42 Å². The maximum atomic E-state index is 13.7. The molecule has 0 aromatic heterocycles. The summed E-state index contributed by atoms with van der Waals surface area (Å²) in [6, 6.07) is 16.8. The van der Waals surface area contributed by atoms with Crippen LogP contribution in [0.1, 0.15) is 42.4 Å². The van der Waals surface area contributed by atoms with Crippen LogP contribution < -0.4 is 0 Å². The third kappa shape index (κ3) is 4.00. The Bertz CT molecular complexity index is 970. The van der Waals surface area contributed by atoms with Gasteiger partial charge in [0.15, 0.2) is 0 Å². The molecule has 1 heterocycles. The Kier molecular flexibility index (Phi) is 5.23. The second-order valence-electron chi connectivity index (χ2n) is 8.82. The first-order valence-corrected chi connectivity index (χ1v) is 12.5. The smallest absolute Gasteiger partial charge is 0.243 e. The van der Waals surface area contributed by atoms with E-state index in [9.17, 15) is 8.42 Å². The monoisotopic (exact) mass is 410 g/mol. The predicted octanol–water partition coefficient (Wildman–Crippen LogP) is 3.65. The molecule has 2 aromatic rings. The van der Waals surface area contributed by atoms with Crippen LogP contribution in [-0.2, 0) is 29.3 Å². The van der Waals surface area contributed by atoms with Crippen molar-refractivity contribution < 1.29 is 8.42 Å². The first-order valence-electron chi connectivity index (χ1n) is 11.0. The Morgan fingerprint density at radius 3 is 2.41 bits per heavy atom. The zero-order chi connectivity index (χ0) is 19.8. The molecule has 154 valence electrons. The standard InChI is InChI=1S/C24H30N2O2S/c27-29(28,24-13-10-20-8-4-5-9-21(20)17-24)26-15-14-25(22-11-12-22)18-23(26)16-19-6-2-1-3-7-19/h1-3,6-7,10,13,17,22-23H,4-5,8-9,11-12,14-16,18H2. The van der Waals surface area contributed by atoms with Gasteiger partial charge in [0, 0.05) is 31.7 Å². The highest BCUT2D eigenvalue weighted by atomic mass is 32.2. The van der Waals surface area contributed by atoms with Gasteiger partial charge in [0.05, 0.1) is 4.90 Å². The van der Waals surface area contributed by atoms with Crippen molar-refractivity contribution in [2.45, 2.75) is 61.9 Å². The topological polar surface area (TPSA) is 40.6 Å². The summed E-state index contributed by atoms with van der Waals surface area (Å²) in [5.41, 5.74) is 3.77. The van der Waals surface area contributed by atoms with Crippen molar-refractivity contribution in [1.29, 1.82) is 0 Å². The van der Waals surface area contributed by atoms with Crippen LogP contribution in [0.5, 0.6) is 0 Å². The highest BCUT2D eigenvalue weighted by Crippen LogP contribution is 2.32. The Labute approximate surface area is 174 Å². The highest BCUT2D eigenvalue weighted by molar-refractivity contribution is 7.89. The van der Waals surface area contributed by atoms with E-state index in [1.54, 1.807) is 4.31 Å². The molecule has 1 unspecified atom stereocenters. The lowest BCUT2D eigenvalue weighted by atomic mass is 9.92. The number of benzene rings is 2. The van der Waals surface area contributed by atoms with Gasteiger partial charge < -0.3 is 0 Å². The van der Waals surface area contributed by atoms with Gasteiger partial charge in [-0.15, -0.1) is 0 Å². The molecule has 1 saturated carbocycles. The summed E-state index contributed by atoms with van der Waals surface area (Å²) >= 11 is 0. The molecule has 0 spiro atoms. The van der Waals surface area contributed by atoms with Gasteiger partial charge in [0.2, 0.25) is 10.0 Å². The van der Waals surface area contributed by atoms with Gasteiger partial charge in [-0.2, -0.15) is 4.31 Å². The number of nitrogens with zero attached hydrogens (tertiary/aromatic N) is 2. The fraction of sp³-hybridized carbons (Fsp3) is 0.500. The Morgan fingerprint density at radius 2 is 1.66 bits per heavy atom. The molecule has 2 aromatic carbocycles. The van der Waals surface area contributed by atoms with Crippen LogP contribution in [-0.4, -0.2) is 49.3 Å². The van der Waals surface area contributed by atoms with E-state index < -0.39 is 10.0 Å². The number of sulfonamides is 1. The van der Waals surface area contributed by atoms with Gasteiger partial charge >= 0.3 is 0 Å². The van der Waals surface area contributed by atoms with E-state index in [-0.39, 0.29) is 6.04 Å². The third-order valence-electron chi connectivity index (χ3n) is 6.76. The Balaban J connectivity index is 1.44. The molecule has 2 fully saturated rings. The molecule has 0 bridgehead atoms. The van der Waals surface area contributed by atoms with E-state index >= 15 is 0 Å². The minimum atomic E-state index is -3.49. The number of piperazine rings is 1. The van der Waals surface area contributed by atoms with Gasteiger partial charge in [0.25, 0.3) is 0 Å². The average Bonchev–Trinajstić information content (AvgIpc) is 3.59. The summed E-state index contributed by atoms with van der Waals surface area (Å²) in [5.74, 6) is 0. The molecule has 0 N–H and O–H groups in total. The summed E-state index contributed by atoms with van der Waals surface area (Å²) < 4.78 is 29.1. The number of fused-ring (bicyclic) bond motifs is 1. The summed E-state index contributed by atoms with van der Waals surface area (Å²) in [5, 5.41) is 0. The summed E-state index contributed by atoms with van der Waals surface area (Å²) in [7, 11) is -3.49. The zero-order valence-corrected chi connectivity index (χ0v) is 17.8. The molecule has 29 heavy (non-hydrogen) atoms. The lowest BCUT2D eigenvalue weighted by Crippen LogP contribution is -2.56. The molecule has 5 rings (SSSR count). The highest BCUT2D eigenvalue weighted by Gasteiger charge is 2.40. The number of aryl methyl sites for hydroxylation is 2. The maximum Gasteiger partial charge on any atom is 0.243 e. The molecule has 1 saturated heterocycles. The normalized spacial score (nSPS) is 23.7. The van der Waals surface area contributed by atoms with Crippen LogP contribution in [0.2, 0.25) is 0 Å². The second kappa shape index (κ2) is 7.86. The van der Waals surface area contributed by atoms with E-state index in [1.165, 1.54) is 36.0 Å². The van der Waals surface area contributed by atoms with Crippen LogP contribution in [0.4, 0.5) is 0 Å². The molecule has 0 radical (unpaired) electrons. The Morgan fingerprint density at radius 1 is 0.897 bits per heavy atom.